The van der Waals surface area contributed by atoms with Crippen LogP contribution in [0, 0.1) is 0 Å². The number of nitrogens with two attached hydrogens (primary N) is 1. The summed E-state index contributed by atoms with van der Waals surface area (Å²) in [6.07, 6.45) is 6.75. The Hall–Kier alpha value is -2.49. The number of aromatic nitrogens is 3. The van der Waals surface area contributed by atoms with Crippen molar-refractivity contribution >= 4 is 16.5 Å². The summed E-state index contributed by atoms with van der Waals surface area (Å²) in [5, 5.41) is 11.2. The van der Waals surface area contributed by atoms with Crippen LogP contribution in [0.4, 0.5) is 5.69 Å². The number of hydrogen-bond donors (Lipinski definition) is 1. The summed E-state index contributed by atoms with van der Waals surface area (Å²) in [6, 6.07) is 10.1. The molecule has 4 rings (SSSR count). The minimum absolute atomic E-state index is 0.566. The van der Waals surface area contributed by atoms with E-state index < -0.39 is 0 Å². The number of nitrogens with zero attached hydrogens (tertiary/aromatic N) is 3. The van der Waals surface area contributed by atoms with Gasteiger partial charge in [-0.15, -0.1) is 0 Å². The summed E-state index contributed by atoms with van der Waals surface area (Å²) < 4.78 is 0. The topological polar surface area (TPSA) is 64.7 Å². The van der Waals surface area contributed by atoms with Crippen molar-refractivity contribution in [1.82, 2.24) is 15.2 Å². The van der Waals surface area contributed by atoms with Crippen molar-refractivity contribution in [3.05, 3.63) is 59.7 Å². The number of anilines is 1. The lowest BCUT2D eigenvalue weighted by atomic mass is 10.0. The van der Waals surface area contributed by atoms with Crippen LogP contribution in [0.1, 0.15) is 35.7 Å². The van der Waals surface area contributed by atoms with Crippen LogP contribution in [0.25, 0.3) is 10.8 Å². The maximum atomic E-state index is 6.22. The maximum Gasteiger partial charge on any atom is 0.0773 e. The fourth-order valence-electron chi connectivity index (χ4n) is 2.80. The molecule has 4 heteroatoms. The van der Waals surface area contributed by atoms with Gasteiger partial charge >= 0.3 is 0 Å². The van der Waals surface area contributed by atoms with Gasteiger partial charge in [-0.1, -0.05) is 12.1 Å². The molecule has 0 unspecified atom stereocenters. The summed E-state index contributed by atoms with van der Waals surface area (Å²) in [6.45, 7) is 0. The Bertz CT molecular complexity index is 794. The maximum absolute atomic E-state index is 6.22. The molecular weight excluding hydrogens is 260 g/mol. The van der Waals surface area contributed by atoms with Gasteiger partial charge in [-0.25, -0.2) is 0 Å². The van der Waals surface area contributed by atoms with Crippen LogP contribution in [0.3, 0.4) is 0 Å². The van der Waals surface area contributed by atoms with E-state index in [1.54, 1.807) is 12.4 Å². The Kier molecular flexibility index (Phi) is 2.81. The number of nitrogen functional groups attached to an aromatic ring is 1. The van der Waals surface area contributed by atoms with E-state index in [4.69, 9.17) is 5.73 Å². The third-order valence-corrected chi connectivity index (χ3v) is 4.02. The Balaban J connectivity index is 1.87. The Morgan fingerprint density at radius 3 is 2.62 bits per heavy atom. The van der Waals surface area contributed by atoms with Gasteiger partial charge in [0.05, 0.1) is 11.4 Å². The summed E-state index contributed by atoms with van der Waals surface area (Å²) >= 11 is 0. The highest BCUT2D eigenvalue weighted by Crippen LogP contribution is 2.42. The highest BCUT2D eigenvalue weighted by atomic mass is 15.1. The molecule has 1 aromatic carbocycles. The summed E-state index contributed by atoms with van der Waals surface area (Å²) in [5.41, 5.74) is 10.2. The second-order valence-corrected chi connectivity index (χ2v) is 5.61. The molecule has 2 aromatic heterocycles. The smallest absolute Gasteiger partial charge is 0.0773 e. The van der Waals surface area contributed by atoms with E-state index in [9.17, 15) is 0 Å². The molecule has 0 bridgehead atoms. The van der Waals surface area contributed by atoms with Crippen molar-refractivity contribution in [3.63, 3.8) is 0 Å². The average Bonchev–Trinajstić information content (AvgIpc) is 3.33. The summed E-state index contributed by atoms with van der Waals surface area (Å²) in [7, 11) is 0. The first-order valence-electron chi connectivity index (χ1n) is 7.25. The van der Waals surface area contributed by atoms with Gasteiger partial charge in [0.1, 0.15) is 0 Å². The summed E-state index contributed by atoms with van der Waals surface area (Å²) in [5.74, 6) is 0.566. The minimum atomic E-state index is 0.566. The lowest BCUT2D eigenvalue weighted by molar-refractivity contribution is 0.887. The normalized spacial score (nSPS) is 14.5. The second-order valence-electron chi connectivity index (χ2n) is 5.61. The van der Waals surface area contributed by atoms with E-state index in [2.05, 4.69) is 21.2 Å². The highest BCUT2D eigenvalue weighted by Gasteiger charge is 2.28. The molecule has 4 nitrogen and oxygen atoms in total. The quantitative estimate of drug-likeness (QED) is 0.747. The third kappa shape index (κ3) is 2.23. The number of fused-ring (bicyclic) bond motifs is 1. The zero-order valence-corrected chi connectivity index (χ0v) is 11.7. The molecule has 0 spiro atoms. The van der Waals surface area contributed by atoms with Crippen molar-refractivity contribution in [1.29, 1.82) is 0 Å². The molecule has 1 fully saturated rings. The number of hydrogen-bond acceptors (Lipinski definition) is 4. The first-order chi connectivity index (χ1) is 10.3. The van der Waals surface area contributed by atoms with Crippen LogP contribution in [0.5, 0.6) is 0 Å². The van der Waals surface area contributed by atoms with Gasteiger partial charge in [-0.2, -0.15) is 10.2 Å². The predicted molar refractivity (Wildman–Crippen MR) is 83.0 cm³/mol. The van der Waals surface area contributed by atoms with E-state index in [0.29, 0.717) is 5.92 Å². The molecule has 1 saturated carbocycles. The molecule has 0 aliphatic heterocycles. The van der Waals surface area contributed by atoms with E-state index in [-0.39, 0.29) is 0 Å². The van der Waals surface area contributed by atoms with Crippen LogP contribution < -0.4 is 5.73 Å². The molecule has 0 saturated heterocycles. The zero-order chi connectivity index (χ0) is 14.2. The van der Waals surface area contributed by atoms with Crippen LogP contribution in [0.2, 0.25) is 0 Å². The van der Waals surface area contributed by atoms with Gasteiger partial charge in [-0.3, -0.25) is 4.98 Å². The van der Waals surface area contributed by atoms with Gasteiger partial charge in [0.2, 0.25) is 0 Å². The summed E-state index contributed by atoms with van der Waals surface area (Å²) in [4.78, 5) is 4.05. The Morgan fingerprint density at radius 2 is 1.86 bits per heavy atom. The van der Waals surface area contributed by atoms with E-state index in [1.165, 1.54) is 18.4 Å². The van der Waals surface area contributed by atoms with E-state index in [0.717, 1.165) is 34.3 Å². The number of pyridine rings is 1. The van der Waals surface area contributed by atoms with Crippen LogP contribution in [0.15, 0.2) is 42.7 Å². The fourth-order valence-corrected chi connectivity index (χ4v) is 2.80. The molecule has 0 atom stereocenters. The fraction of sp³-hybridized carbons (Fsp3) is 0.235. The Labute approximate surface area is 123 Å². The molecule has 21 heavy (non-hydrogen) atoms. The molecule has 2 heterocycles. The van der Waals surface area contributed by atoms with Crippen LogP contribution in [-0.4, -0.2) is 15.2 Å². The first kappa shape index (κ1) is 12.3. The van der Waals surface area contributed by atoms with Crippen molar-refractivity contribution < 1.29 is 0 Å². The highest BCUT2D eigenvalue weighted by molar-refractivity contribution is 5.96. The molecule has 3 aromatic rings. The lowest BCUT2D eigenvalue weighted by Gasteiger charge is -2.11. The zero-order valence-electron chi connectivity index (χ0n) is 11.7. The lowest BCUT2D eigenvalue weighted by Crippen LogP contribution is -2.03. The van der Waals surface area contributed by atoms with Crippen molar-refractivity contribution in [2.75, 3.05) is 5.73 Å². The largest absolute Gasteiger partial charge is 0.398 e. The van der Waals surface area contributed by atoms with Gasteiger partial charge in [0.25, 0.3) is 0 Å². The molecule has 104 valence electrons. The third-order valence-electron chi connectivity index (χ3n) is 4.02. The Morgan fingerprint density at radius 1 is 1.05 bits per heavy atom. The molecule has 0 radical (unpaired) electrons. The van der Waals surface area contributed by atoms with Gasteiger partial charge < -0.3 is 5.73 Å². The molecule has 1 aliphatic rings. The monoisotopic (exact) mass is 276 g/mol. The number of rotatable bonds is 3. The van der Waals surface area contributed by atoms with Crippen molar-refractivity contribution in [2.24, 2.45) is 0 Å². The van der Waals surface area contributed by atoms with Gasteiger partial charge in [0.15, 0.2) is 0 Å². The molecule has 0 amide bonds. The minimum Gasteiger partial charge on any atom is -0.398 e. The van der Waals surface area contributed by atoms with Gasteiger partial charge in [0, 0.05) is 41.2 Å². The van der Waals surface area contributed by atoms with Crippen LogP contribution >= 0.6 is 0 Å². The predicted octanol–water partition coefficient (Wildman–Crippen LogP) is 3.08. The average molecular weight is 276 g/mol. The van der Waals surface area contributed by atoms with E-state index >= 15 is 0 Å². The SMILES string of the molecule is Nc1cccc2c(C3CC3)nnc(Cc3ccncc3)c12. The number of benzene rings is 1. The molecule has 1 aliphatic carbocycles. The second kappa shape index (κ2) is 4.81. The van der Waals surface area contributed by atoms with Crippen molar-refractivity contribution in [3.8, 4) is 0 Å². The standard InChI is InChI=1S/C17H16N4/c18-14-3-1-2-13-16(14)15(10-11-6-8-19-9-7-11)20-21-17(13)12-4-5-12/h1-3,6-9,12H,4-5,10,18H2. The first-order valence-corrected chi connectivity index (χ1v) is 7.25. The molecule has 2 N–H and O–H groups in total. The van der Waals surface area contributed by atoms with Crippen LogP contribution in [-0.2, 0) is 6.42 Å². The van der Waals surface area contributed by atoms with Gasteiger partial charge in [-0.05, 0) is 36.6 Å². The van der Waals surface area contributed by atoms with Crippen molar-refractivity contribution in [2.45, 2.75) is 25.2 Å². The molecular formula is C17H16N4. The van der Waals surface area contributed by atoms with E-state index in [1.807, 2.05) is 24.3 Å².